The van der Waals surface area contributed by atoms with E-state index < -0.39 is 17.7 Å². The molecular weight excluding hydrogens is 427 g/mol. The van der Waals surface area contributed by atoms with E-state index in [9.17, 15) is 22.8 Å². The van der Waals surface area contributed by atoms with Crippen molar-refractivity contribution >= 4 is 17.8 Å². The van der Waals surface area contributed by atoms with Gasteiger partial charge >= 0.3 is 12.1 Å². The summed E-state index contributed by atoms with van der Waals surface area (Å²) in [5, 5.41) is 9.76. The zero-order valence-corrected chi connectivity index (χ0v) is 16.8. The molecule has 2 amide bonds. The van der Waals surface area contributed by atoms with E-state index in [0.29, 0.717) is 51.8 Å². The standard InChI is InChI=1S/C16H23N3O5.C2HF3O2/c1-17-14(20)9-18-4-7-22-12-16(10-18)11-19(5-8-24-16)15(21)13-3-2-6-23-13;3-2(4,5)1(6)7/h2-3,6H,4-5,7-12H2,1H3,(H,17,20);(H,6,7). The van der Waals surface area contributed by atoms with E-state index in [1.165, 1.54) is 6.26 Å². The van der Waals surface area contributed by atoms with Crippen molar-refractivity contribution in [2.45, 2.75) is 11.8 Å². The van der Waals surface area contributed by atoms with Crippen LogP contribution in [0.4, 0.5) is 13.2 Å². The van der Waals surface area contributed by atoms with Gasteiger partial charge in [0.05, 0.1) is 39.2 Å². The lowest BCUT2D eigenvalue weighted by Gasteiger charge is -2.43. The number of hydrogen-bond donors (Lipinski definition) is 2. The van der Waals surface area contributed by atoms with Crippen LogP contribution in [0.25, 0.3) is 0 Å². The number of rotatable bonds is 3. The Labute approximate surface area is 175 Å². The molecule has 3 rings (SSSR count). The molecule has 1 atom stereocenters. The number of furan rings is 1. The molecule has 1 aromatic rings. The van der Waals surface area contributed by atoms with E-state index in [4.69, 9.17) is 23.8 Å². The number of halogens is 3. The smallest absolute Gasteiger partial charge is 0.475 e. The fourth-order valence-electron chi connectivity index (χ4n) is 3.16. The van der Waals surface area contributed by atoms with Crippen molar-refractivity contribution in [1.82, 2.24) is 15.1 Å². The second kappa shape index (κ2) is 10.6. The van der Waals surface area contributed by atoms with Gasteiger partial charge in [-0.2, -0.15) is 13.2 Å². The number of morpholine rings is 1. The molecule has 0 bridgehead atoms. The van der Waals surface area contributed by atoms with Crippen LogP contribution in [-0.2, 0) is 19.1 Å². The molecule has 174 valence electrons. The molecule has 0 aromatic carbocycles. The van der Waals surface area contributed by atoms with Crippen molar-refractivity contribution in [3.8, 4) is 0 Å². The number of amides is 2. The van der Waals surface area contributed by atoms with E-state index >= 15 is 0 Å². The Morgan fingerprint density at radius 3 is 2.52 bits per heavy atom. The maximum atomic E-state index is 12.5. The minimum atomic E-state index is -5.08. The lowest BCUT2D eigenvalue weighted by Crippen LogP contribution is -2.60. The average Bonchev–Trinajstić information content (AvgIpc) is 3.18. The number of carbonyl (C=O) groups excluding carboxylic acids is 2. The monoisotopic (exact) mass is 451 g/mol. The first-order valence-electron chi connectivity index (χ1n) is 9.34. The van der Waals surface area contributed by atoms with Gasteiger partial charge in [0.15, 0.2) is 5.76 Å². The molecular formula is C18H24F3N3O7. The first-order chi connectivity index (χ1) is 14.6. The van der Waals surface area contributed by atoms with Gasteiger partial charge in [0, 0.05) is 26.7 Å². The van der Waals surface area contributed by atoms with Crippen LogP contribution in [0, 0.1) is 0 Å². The van der Waals surface area contributed by atoms with Crippen molar-refractivity contribution in [1.29, 1.82) is 0 Å². The molecule has 0 radical (unpaired) electrons. The normalized spacial score (nSPS) is 22.3. The zero-order valence-electron chi connectivity index (χ0n) is 16.8. The number of nitrogens with one attached hydrogen (secondary N) is 1. The van der Waals surface area contributed by atoms with Gasteiger partial charge in [0.2, 0.25) is 5.91 Å². The molecule has 1 unspecified atom stereocenters. The van der Waals surface area contributed by atoms with Gasteiger partial charge in [-0.1, -0.05) is 0 Å². The SMILES string of the molecule is CNC(=O)CN1CCOCC2(C1)CN(C(=O)c1ccco1)CCO2.O=C(O)C(F)(F)F. The highest BCUT2D eigenvalue weighted by Gasteiger charge is 2.42. The fraction of sp³-hybridized carbons (Fsp3) is 0.611. The van der Waals surface area contributed by atoms with E-state index in [-0.39, 0.29) is 18.4 Å². The van der Waals surface area contributed by atoms with Crippen molar-refractivity contribution < 1.29 is 46.6 Å². The Bertz CT molecular complexity index is 757. The molecule has 0 aliphatic carbocycles. The average molecular weight is 451 g/mol. The Balaban J connectivity index is 0.000000423. The molecule has 10 nitrogen and oxygen atoms in total. The first kappa shape index (κ1) is 24.6. The summed E-state index contributed by atoms with van der Waals surface area (Å²) >= 11 is 0. The number of aliphatic carboxylic acids is 1. The van der Waals surface area contributed by atoms with Crippen LogP contribution in [-0.4, -0.2) is 104 Å². The molecule has 2 saturated heterocycles. The third kappa shape index (κ3) is 7.22. The number of likely N-dealkylation sites (N-methyl/N-ethyl adjacent to an activating group) is 1. The zero-order chi connectivity index (χ0) is 23.1. The molecule has 2 fully saturated rings. The molecule has 3 heterocycles. The number of carboxylic acids is 1. The highest BCUT2D eigenvalue weighted by molar-refractivity contribution is 5.91. The molecule has 13 heteroatoms. The topological polar surface area (TPSA) is 122 Å². The Hall–Kier alpha value is -2.64. The van der Waals surface area contributed by atoms with Crippen LogP contribution in [0.1, 0.15) is 10.6 Å². The van der Waals surface area contributed by atoms with Crippen molar-refractivity contribution in [2.24, 2.45) is 0 Å². The van der Waals surface area contributed by atoms with E-state index in [0.717, 1.165) is 0 Å². The summed E-state index contributed by atoms with van der Waals surface area (Å²) in [6.07, 6.45) is -3.59. The van der Waals surface area contributed by atoms with Crippen LogP contribution in [0.3, 0.4) is 0 Å². The minimum absolute atomic E-state index is 0.0497. The van der Waals surface area contributed by atoms with Gasteiger partial charge in [-0.15, -0.1) is 0 Å². The summed E-state index contributed by atoms with van der Waals surface area (Å²) in [6, 6.07) is 3.36. The summed E-state index contributed by atoms with van der Waals surface area (Å²) in [6.45, 7) is 3.79. The van der Waals surface area contributed by atoms with Crippen LogP contribution in [0.15, 0.2) is 22.8 Å². The van der Waals surface area contributed by atoms with Crippen LogP contribution in [0.2, 0.25) is 0 Å². The van der Waals surface area contributed by atoms with Crippen LogP contribution < -0.4 is 5.32 Å². The Kier molecular flexibility index (Phi) is 8.42. The Morgan fingerprint density at radius 1 is 1.23 bits per heavy atom. The van der Waals surface area contributed by atoms with Gasteiger partial charge in [-0.05, 0) is 12.1 Å². The van der Waals surface area contributed by atoms with E-state index in [1.54, 1.807) is 24.1 Å². The quantitative estimate of drug-likeness (QED) is 0.669. The van der Waals surface area contributed by atoms with Crippen molar-refractivity contribution in [2.75, 3.05) is 59.6 Å². The lowest BCUT2D eigenvalue weighted by atomic mass is 10.0. The predicted octanol–water partition coefficient (Wildman–Crippen LogP) is 0.202. The number of carboxylic acid groups (broad SMARTS) is 1. The maximum Gasteiger partial charge on any atom is 0.490 e. The molecule has 0 saturated carbocycles. The second-order valence-electron chi connectivity index (χ2n) is 6.97. The number of ether oxygens (including phenoxy) is 2. The fourth-order valence-corrected chi connectivity index (χ4v) is 3.16. The Morgan fingerprint density at radius 2 is 1.94 bits per heavy atom. The van der Waals surface area contributed by atoms with Gasteiger partial charge < -0.3 is 29.2 Å². The molecule has 31 heavy (non-hydrogen) atoms. The summed E-state index contributed by atoms with van der Waals surface area (Å²) in [7, 11) is 1.62. The number of carbonyl (C=O) groups is 3. The number of alkyl halides is 3. The molecule has 2 aliphatic heterocycles. The van der Waals surface area contributed by atoms with Gasteiger partial charge in [-0.25, -0.2) is 4.79 Å². The minimum Gasteiger partial charge on any atom is -0.475 e. The molecule has 1 aromatic heterocycles. The van der Waals surface area contributed by atoms with Gasteiger partial charge in [-0.3, -0.25) is 14.5 Å². The summed E-state index contributed by atoms with van der Waals surface area (Å²) in [5.41, 5.74) is -0.620. The lowest BCUT2D eigenvalue weighted by molar-refractivity contribution is -0.192. The second-order valence-corrected chi connectivity index (χ2v) is 6.97. The largest absolute Gasteiger partial charge is 0.490 e. The first-order valence-corrected chi connectivity index (χ1v) is 9.34. The van der Waals surface area contributed by atoms with Crippen molar-refractivity contribution in [3.05, 3.63) is 24.2 Å². The van der Waals surface area contributed by atoms with Crippen LogP contribution in [0.5, 0.6) is 0 Å². The maximum absolute atomic E-state index is 12.5. The molecule has 2 aliphatic rings. The third-order valence-corrected chi connectivity index (χ3v) is 4.58. The number of hydrogen-bond acceptors (Lipinski definition) is 7. The third-order valence-electron chi connectivity index (χ3n) is 4.58. The molecule has 1 spiro atoms. The summed E-state index contributed by atoms with van der Waals surface area (Å²) in [4.78, 5) is 36.9. The number of nitrogens with zero attached hydrogens (tertiary/aromatic N) is 2. The van der Waals surface area contributed by atoms with Gasteiger partial charge in [0.1, 0.15) is 5.60 Å². The summed E-state index contributed by atoms with van der Waals surface area (Å²) in [5.74, 6) is -2.63. The summed E-state index contributed by atoms with van der Waals surface area (Å²) < 4.78 is 48.6. The van der Waals surface area contributed by atoms with E-state index in [2.05, 4.69) is 5.32 Å². The van der Waals surface area contributed by atoms with E-state index in [1.807, 2.05) is 4.90 Å². The highest BCUT2D eigenvalue weighted by Crippen LogP contribution is 2.24. The highest BCUT2D eigenvalue weighted by atomic mass is 19.4. The van der Waals surface area contributed by atoms with Gasteiger partial charge in [0.25, 0.3) is 5.91 Å². The van der Waals surface area contributed by atoms with Crippen LogP contribution >= 0.6 is 0 Å². The van der Waals surface area contributed by atoms with Crippen molar-refractivity contribution in [3.63, 3.8) is 0 Å². The predicted molar refractivity (Wildman–Crippen MR) is 98.3 cm³/mol. The molecule has 2 N–H and O–H groups in total.